The first-order chi connectivity index (χ1) is 7.06. The molecule has 15 heavy (non-hydrogen) atoms. The molecule has 0 amide bonds. The second-order valence-electron chi connectivity index (χ2n) is 3.25. The van der Waals surface area contributed by atoms with Crippen molar-refractivity contribution in [2.24, 2.45) is 0 Å². The van der Waals surface area contributed by atoms with Gasteiger partial charge in [-0.15, -0.1) is 5.73 Å². The van der Waals surface area contributed by atoms with Crippen LogP contribution in [0.4, 0.5) is 0 Å². The van der Waals surface area contributed by atoms with Crippen molar-refractivity contribution in [2.75, 3.05) is 0 Å². The van der Waals surface area contributed by atoms with Crippen LogP contribution in [-0.2, 0) is 9.84 Å². The molecule has 0 saturated carbocycles. The Morgan fingerprint density at radius 3 is 2.40 bits per heavy atom. The summed E-state index contributed by atoms with van der Waals surface area (Å²) in [6, 6.07) is 6.78. The molecule has 1 aromatic carbocycles. The summed E-state index contributed by atoms with van der Waals surface area (Å²) in [4.78, 5) is 0.310. The van der Waals surface area contributed by atoms with E-state index in [9.17, 15) is 8.42 Å². The van der Waals surface area contributed by atoms with Gasteiger partial charge in [0.1, 0.15) is 0 Å². The van der Waals surface area contributed by atoms with Crippen molar-refractivity contribution in [2.45, 2.75) is 25.2 Å². The van der Waals surface area contributed by atoms with Crippen LogP contribution in [0.3, 0.4) is 0 Å². The van der Waals surface area contributed by atoms with E-state index in [1.165, 1.54) is 0 Å². The summed E-state index contributed by atoms with van der Waals surface area (Å²) < 4.78 is 23.4. The van der Waals surface area contributed by atoms with E-state index in [4.69, 9.17) is 0 Å². The Bertz CT molecular complexity index is 475. The van der Waals surface area contributed by atoms with Gasteiger partial charge in [-0.05, 0) is 31.6 Å². The van der Waals surface area contributed by atoms with E-state index in [0.717, 1.165) is 17.4 Å². The minimum atomic E-state index is -3.32. The van der Waals surface area contributed by atoms with Crippen molar-refractivity contribution in [3.63, 3.8) is 0 Å². The van der Waals surface area contributed by atoms with Crippen LogP contribution in [0.5, 0.6) is 0 Å². The third-order valence-corrected chi connectivity index (χ3v) is 3.27. The summed E-state index contributed by atoms with van der Waals surface area (Å²) in [6.07, 6.45) is 2.46. The molecule has 0 aliphatic heterocycles. The Hall–Kier alpha value is -1.31. The van der Waals surface area contributed by atoms with Crippen molar-refractivity contribution in [3.8, 4) is 0 Å². The molecule has 3 heteroatoms. The first-order valence-corrected chi connectivity index (χ1v) is 6.33. The highest BCUT2D eigenvalue weighted by Gasteiger charge is 2.08. The van der Waals surface area contributed by atoms with Crippen molar-refractivity contribution in [3.05, 3.63) is 47.0 Å². The molecule has 0 heterocycles. The van der Waals surface area contributed by atoms with Crippen LogP contribution in [0.15, 0.2) is 46.4 Å². The van der Waals surface area contributed by atoms with Crippen LogP contribution in [0.1, 0.15) is 18.9 Å². The Morgan fingerprint density at radius 1 is 1.27 bits per heavy atom. The molecule has 0 bridgehead atoms. The van der Waals surface area contributed by atoms with Crippen molar-refractivity contribution < 1.29 is 8.42 Å². The van der Waals surface area contributed by atoms with E-state index in [-0.39, 0.29) is 0 Å². The number of allylic oxidation sites excluding steroid dienone is 1. The predicted molar refractivity (Wildman–Crippen MR) is 61.3 cm³/mol. The number of benzene rings is 1. The molecule has 0 aromatic heterocycles. The molecule has 1 aromatic rings. The normalized spacial score (nSPS) is 10.5. The van der Waals surface area contributed by atoms with E-state index in [0.29, 0.717) is 4.90 Å². The van der Waals surface area contributed by atoms with Gasteiger partial charge in [-0.3, -0.25) is 0 Å². The lowest BCUT2D eigenvalue weighted by molar-refractivity contribution is 0.604. The zero-order chi connectivity index (χ0) is 11.3. The summed E-state index contributed by atoms with van der Waals surface area (Å²) >= 11 is 0. The average molecular weight is 222 g/mol. The first kappa shape index (κ1) is 11.8. The van der Waals surface area contributed by atoms with Gasteiger partial charge in [-0.2, -0.15) is 0 Å². The lowest BCUT2D eigenvalue weighted by Gasteiger charge is -1.97. The Labute approximate surface area is 90.9 Å². The minimum Gasteiger partial charge on any atom is -0.218 e. The van der Waals surface area contributed by atoms with Crippen molar-refractivity contribution in [1.29, 1.82) is 0 Å². The zero-order valence-corrected chi connectivity index (χ0v) is 9.71. The minimum absolute atomic E-state index is 0.310. The van der Waals surface area contributed by atoms with Crippen LogP contribution in [-0.4, -0.2) is 8.42 Å². The molecular weight excluding hydrogens is 208 g/mol. The van der Waals surface area contributed by atoms with Gasteiger partial charge in [0, 0.05) is 0 Å². The number of aryl methyl sites for hydroxylation is 1. The number of hydrogen-bond donors (Lipinski definition) is 0. The highest BCUT2D eigenvalue weighted by atomic mass is 32.2. The molecule has 0 N–H and O–H groups in total. The maximum Gasteiger partial charge on any atom is 0.207 e. The summed E-state index contributed by atoms with van der Waals surface area (Å²) in [5.74, 6) is 0. The number of hydrogen-bond acceptors (Lipinski definition) is 2. The van der Waals surface area contributed by atoms with Gasteiger partial charge in [0.05, 0.1) is 10.3 Å². The standard InChI is InChI=1S/C12H14O2S/c1-3-4-5-10-15(13,14)12-8-6-11(2)7-9-12/h4,6-10H,3H2,1-2H3. The molecule has 0 aliphatic carbocycles. The number of rotatable bonds is 3. The smallest absolute Gasteiger partial charge is 0.207 e. The molecule has 80 valence electrons. The summed E-state index contributed by atoms with van der Waals surface area (Å²) in [7, 11) is -3.32. The predicted octanol–water partition coefficient (Wildman–Crippen LogP) is 2.85. The maximum absolute atomic E-state index is 11.7. The molecule has 0 radical (unpaired) electrons. The third-order valence-electron chi connectivity index (χ3n) is 1.89. The van der Waals surface area contributed by atoms with Gasteiger partial charge < -0.3 is 0 Å². The van der Waals surface area contributed by atoms with Crippen molar-refractivity contribution >= 4 is 9.84 Å². The maximum atomic E-state index is 11.7. The molecule has 0 spiro atoms. The van der Waals surface area contributed by atoms with Gasteiger partial charge in [0.15, 0.2) is 0 Å². The average Bonchev–Trinajstić information content (AvgIpc) is 2.18. The van der Waals surface area contributed by atoms with Gasteiger partial charge in [0.2, 0.25) is 9.84 Å². The molecule has 0 fully saturated rings. The van der Waals surface area contributed by atoms with Gasteiger partial charge in [-0.25, -0.2) is 8.42 Å². The molecule has 0 atom stereocenters. The fourth-order valence-corrected chi connectivity index (χ4v) is 1.98. The van der Waals surface area contributed by atoms with E-state index in [1.807, 2.05) is 13.8 Å². The van der Waals surface area contributed by atoms with Gasteiger partial charge in [-0.1, -0.05) is 24.6 Å². The van der Waals surface area contributed by atoms with Gasteiger partial charge in [0.25, 0.3) is 0 Å². The molecule has 1 rings (SSSR count). The Kier molecular flexibility index (Phi) is 3.89. The van der Waals surface area contributed by atoms with E-state index < -0.39 is 9.84 Å². The Balaban J connectivity index is 3.07. The van der Waals surface area contributed by atoms with Gasteiger partial charge >= 0.3 is 0 Å². The fourth-order valence-electron chi connectivity index (χ4n) is 1.05. The molecular formula is C12H14O2S. The first-order valence-electron chi connectivity index (χ1n) is 4.79. The van der Waals surface area contributed by atoms with Crippen LogP contribution in [0, 0.1) is 6.92 Å². The van der Waals surface area contributed by atoms with E-state index in [1.54, 1.807) is 30.3 Å². The van der Waals surface area contributed by atoms with E-state index >= 15 is 0 Å². The summed E-state index contributed by atoms with van der Waals surface area (Å²) in [5, 5.41) is 1.11. The largest absolute Gasteiger partial charge is 0.218 e. The molecule has 0 unspecified atom stereocenters. The highest BCUT2D eigenvalue weighted by molar-refractivity contribution is 7.94. The van der Waals surface area contributed by atoms with Crippen LogP contribution < -0.4 is 0 Å². The quantitative estimate of drug-likeness (QED) is 0.737. The SMILES string of the molecule is CCC=C=CS(=O)(=O)c1ccc(C)cc1. The third kappa shape index (κ3) is 3.39. The summed E-state index contributed by atoms with van der Waals surface area (Å²) in [6.45, 7) is 3.85. The fraction of sp³-hybridized carbons (Fsp3) is 0.250. The van der Waals surface area contributed by atoms with E-state index in [2.05, 4.69) is 5.73 Å². The van der Waals surface area contributed by atoms with Crippen LogP contribution >= 0.6 is 0 Å². The zero-order valence-electron chi connectivity index (χ0n) is 8.90. The molecule has 2 nitrogen and oxygen atoms in total. The Morgan fingerprint density at radius 2 is 1.87 bits per heavy atom. The number of sulfone groups is 1. The van der Waals surface area contributed by atoms with Crippen LogP contribution in [0.25, 0.3) is 0 Å². The lowest BCUT2D eigenvalue weighted by atomic mass is 10.2. The second kappa shape index (κ2) is 4.96. The van der Waals surface area contributed by atoms with Crippen molar-refractivity contribution in [1.82, 2.24) is 0 Å². The topological polar surface area (TPSA) is 34.1 Å². The lowest BCUT2D eigenvalue weighted by Crippen LogP contribution is -1.95. The molecule has 0 aliphatic rings. The summed E-state index contributed by atoms with van der Waals surface area (Å²) in [5.41, 5.74) is 3.69. The highest BCUT2D eigenvalue weighted by Crippen LogP contribution is 2.12. The second-order valence-corrected chi connectivity index (χ2v) is 5.05. The molecule has 0 saturated heterocycles. The monoisotopic (exact) mass is 222 g/mol. The van der Waals surface area contributed by atoms with Crippen LogP contribution in [0.2, 0.25) is 0 Å².